The van der Waals surface area contributed by atoms with Gasteiger partial charge in [-0.25, -0.2) is 4.98 Å². The first-order valence-electron chi connectivity index (χ1n) is 6.72. The molecule has 0 spiro atoms. The molecule has 2 aromatic heterocycles. The summed E-state index contributed by atoms with van der Waals surface area (Å²) in [5.74, 6) is 0.878. The number of hydrogen-bond donors (Lipinski definition) is 2. The minimum absolute atomic E-state index is 0.753. The molecule has 0 saturated carbocycles. The van der Waals surface area contributed by atoms with Crippen molar-refractivity contribution in [2.45, 2.75) is 13.1 Å². The lowest BCUT2D eigenvalue weighted by Crippen LogP contribution is -2.13. The van der Waals surface area contributed by atoms with Gasteiger partial charge in [-0.2, -0.15) is 0 Å². The highest BCUT2D eigenvalue weighted by molar-refractivity contribution is 9.10. The van der Waals surface area contributed by atoms with Crippen LogP contribution in [0.1, 0.15) is 11.3 Å². The Bertz CT molecular complexity index is 737. The largest absolute Gasteiger partial charge is 0.497 e. The molecular weight excluding hydrogens is 330 g/mol. The summed E-state index contributed by atoms with van der Waals surface area (Å²) >= 11 is 3.63. The van der Waals surface area contributed by atoms with Crippen LogP contribution in [0.5, 0.6) is 5.75 Å². The molecule has 3 rings (SSSR count). The van der Waals surface area contributed by atoms with Crippen LogP contribution < -0.4 is 10.1 Å². The van der Waals surface area contributed by atoms with Crippen molar-refractivity contribution in [2.24, 2.45) is 0 Å². The summed E-state index contributed by atoms with van der Waals surface area (Å²) in [5, 5.41) is 4.54. The number of fused-ring (bicyclic) bond motifs is 1. The Morgan fingerprint density at radius 3 is 2.71 bits per heavy atom. The number of aromatic amines is 1. The standard InChI is InChI=1S/C16H16BrN3O/c1-21-12-6-4-11(5-7-12)9-18-10-14-15(17)13-3-2-8-19-16(13)20-14/h2-8,18H,9-10H2,1H3,(H,19,20). The monoisotopic (exact) mass is 345 g/mol. The minimum Gasteiger partial charge on any atom is -0.497 e. The number of nitrogens with zero attached hydrogens (tertiary/aromatic N) is 1. The van der Waals surface area contributed by atoms with E-state index < -0.39 is 0 Å². The number of aromatic nitrogens is 2. The molecule has 0 radical (unpaired) electrons. The number of halogens is 1. The second-order valence-electron chi connectivity index (χ2n) is 4.77. The second-order valence-corrected chi connectivity index (χ2v) is 5.56. The van der Waals surface area contributed by atoms with Crippen molar-refractivity contribution in [1.82, 2.24) is 15.3 Å². The maximum Gasteiger partial charge on any atom is 0.138 e. The third-order valence-electron chi connectivity index (χ3n) is 3.37. The van der Waals surface area contributed by atoms with Crippen LogP contribution in [0.4, 0.5) is 0 Å². The van der Waals surface area contributed by atoms with E-state index in [1.807, 2.05) is 18.2 Å². The molecule has 0 aliphatic carbocycles. The van der Waals surface area contributed by atoms with Gasteiger partial charge in [0.2, 0.25) is 0 Å². The maximum absolute atomic E-state index is 5.15. The fourth-order valence-electron chi connectivity index (χ4n) is 2.24. The summed E-state index contributed by atoms with van der Waals surface area (Å²) in [6.07, 6.45) is 1.79. The van der Waals surface area contributed by atoms with Crippen molar-refractivity contribution in [3.05, 3.63) is 58.3 Å². The Kier molecular flexibility index (Phi) is 4.22. The third kappa shape index (κ3) is 3.09. The average Bonchev–Trinajstić information content (AvgIpc) is 2.85. The molecule has 2 N–H and O–H groups in total. The first kappa shape index (κ1) is 14.1. The van der Waals surface area contributed by atoms with Crippen LogP contribution in [0.15, 0.2) is 47.1 Å². The normalized spacial score (nSPS) is 11.0. The Morgan fingerprint density at radius 2 is 2.00 bits per heavy atom. The van der Waals surface area contributed by atoms with Crippen molar-refractivity contribution in [1.29, 1.82) is 0 Å². The number of pyridine rings is 1. The smallest absolute Gasteiger partial charge is 0.138 e. The van der Waals surface area contributed by atoms with Crippen LogP contribution in [0.3, 0.4) is 0 Å². The van der Waals surface area contributed by atoms with E-state index in [0.29, 0.717) is 0 Å². The molecule has 0 amide bonds. The molecule has 3 aromatic rings. The minimum atomic E-state index is 0.753. The van der Waals surface area contributed by atoms with E-state index in [4.69, 9.17) is 4.74 Å². The Labute approximate surface area is 131 Å². The van der Waals surface area contributed by atoms with Crippen molar-refractivity contribution in [3.8, 4) is 5.75 Å². The number of nitrogens with one attached hydrogen (secondary N) is 2. The van der Waals surface area contributed by atoms with Crippen LogP contribution in [0.25, 0.3) is 11.0 Å². The van der Waals surface area contributed by atoms with Crippen molar-refractivity contribution in [3.63, 3.8) is 0 Å². The van der Waals surface area contributed by atoms with E-state index in [2.05, 4.69) is 49.4 Å². The highest BCUT2D eigenvalue weighted by atomic mass is 79.9. The number of rotatable bonds is 5. The number of hydrogen-bond acceptors (Lipinski definition) is 3. The highest BCUT2D eigenvalue weighted by Crippen LogP contribution is 2.26. The van der Waals surface area contributed by atoms with Crippen LogP contribution in [0, 0.1) is 0 Å². The summed E-state index contributed by atoms with van der Waals surface area (Å²) in [6.45, 7) is 1.56. The molecule has 0 fully saturated rings. The zero-order valence-electron chi connectivity index (χ0n) is 11.7. The topological polar surface area (TPSA) is 49.9 Å². The summed E-state index contributed by atoms with van der Waals surface area (Å²) in [7, 11) is 1.68. The van der Waals surface area contributed by atoms with Gasteiger partial charge < -0.3 is 15.0 Å². The maximum atomic E-state index is 5.15. The molecule has 0 atom stereocenters. The van der Waals surface area contributed by atoms with Gasteiger partial charge in [0.25, 0.3) is 0 Å². The van der Waals surface area contributed by atoms with Gasteiger partial charge in [-0.15, -0.1) is 0 Å². The molecule has 0 aliphatic rings. The number of ether oxygens (including phenoxy) is 1. The van der Waals surface area contributed by atoms with Crippen LogP contribution in [-0.2, 0) is 13.1 Å². The Morgan fingerprint density at radius 1 is 1.19 bits per heavy atom. The van der Waals surface area contributed by atoms with Crippen molar-refractivity contribution < 1.29 is 4.74 Å². The summed E-state index contributed by atoms with van der Waals surface area (Å²) in [6, 6.07) is 12.1. The lowest BCUT2D eigenvalue weighted by Gasteiger charge is -2.05. The molecule has 4 nitrogen and oxygen atoms in total. The van der Waals surface area contributed by atoms with Crippen LogP contribution >= 0.6 is 15.9 Å². The van der Waals surface area contributed by atoms with Gasteiger partial charge in [-0.1, -0.05) is 12.1 Å². The summed E-state index contributed by atoms with van der Waals surface area (Å²) < 4.78 is 6.23. The Balaban J connectivity index is 1.64. The zero-order chi connectivity index (χ0) is 14.7. The molecule has 2 heterocycles. The number of methoxy groups -OCH3 is 1. The van der Waals surface area contributed by atoms with E-state index in [9.17, 15) is 0 Å². The molecule has 0 unspecified atom stereocenters. The first-order chi connectivity index (χ1) is 10.3. The van der Waals surface area contributed by atoms with E-state index >= 15 is 0 Å². The quantitative estimate of drug-likeness (QED) is 0.742. The average molecular weight is 346 g/mol. The van der Waals surface area contributed by atoms with Gasteiger partial charge in [0.05, 0.1) is 7.11 Å². The molecule has 5 heteroatoms. The van der Waals surface area contributed by atoms with Gasteiger partial charge in [-0.05, 0) is 45.8 Å². The van der Waals surface area contributed by atoms with E-state index in [0.717, 1.165) is 40.0 Å². The van der Waals surface area contributed by atoms with E-state index in [1.54, 1.807) is 13.3 Å². The van der Waals surface area contributed by atoms with E-state index in [-0.39, 0.29) is 0 Å². The molecule has 0 saturated heterocycles. The molecule has 1 aromatic carbocycles. The molecule has 108 valence electrons. The second kappa shape index (κ2) is 6.28. The predicted molar refractivity (Wildman–Crippen MR) is 87.3 cm³/mol. The number of H-pyrrole nitrogens is 1. The predicted octanol–water partition coefficient (Wildman–Crippen LogP) is 3.62. The highest BCUT2D eigenvalue weighted by Gasteiger charge is 2.08. The Hall–Kier alpha value is -1.85. The summed E-state index contributed by atoms with van der Waals surface area (Å²) in [4.78, 5) is 7.65. The third-order valence-corrected chi connectivity index (χ3v) is 4.27. The van der Waals surface area contributed by atoms with Gasteiger partial charge in [-0.3, -0.25) is 0 Å². The lowest BCUT2D eigenvalue weighted by atomic mass is 10.2. The fourth-order valence-corrected chi connectivity index (χ4v) is 2.80. The number of benzene rings is 1. The van der Waals surface area contributed by atoms with Crippen LogP contribution in [0.2, 0.25) is 0 Å². The molecular formula is C16H16BrN3O. The zero-order valence-corrected chi connectivity index (χ0v) is 13.3. The van der Waals surface area contributed by atoms with E-state index in [1.165, 1.54) is 5.56 Å². The SMILES string of the molecule is COc1ccc(CNCc2[nH]c3ncccc3c2Br)cc1. The first-order valence-corrected chi connectivity index (χ1v) is 7.52. The van der Waals surface area contributed by atoms with Gasteiger partial charge >= 0.3 is 0 Å². The lowest BCUT2D eigenvalue weighted by molar-refractivity contribution is 0.414. The fraction of sp³-hybridized carbons (Fsp3) is 0.188. The van der Waals surface area contributed by atoms with Crippen molar-refractivity contribution in [2.75, 3.05) is 7.11 Å². The summed E-state index contributed by atoms with van der Waals surface area (Å²) in [5.41, 5.74) is 3.24. The van der Waals surface area contributed by atoms with Gasteiger partial charge in [0, 0.05) is 34.8 Å². The van der Waals surface area contributed by atoms with Crippen molar-refractivity contribution >= 4 is 27.0 Å². The molecule has 0 bridgehead atoms. The van der Waals surface area contributed by atoms with Gasteiger partial charge in [0.15, 0.2) is 0 Å². The van der Waals surface area contributed by atoms with Crippen LogP contribution in [-0.4, -0.2) is 17.1 Å². The molecule has 0 aliphatic heterocycles. The van der Waals surface area contributed by atoms with Gasteiger partial charge in [0.1, 0.15) is 11.4 Å². The molecule has 21 heavy (non-hydrogen) atoms.